The predicted molar refractivity (Wildman–Crippen MR) is 234 cm³/mol. The number of thiophene rings is 1. The first-order chi connectivity index (χ1) is 27.8. The van der Waals surface area contributed by atoms with Crippen LogP contribution in [0.25, 0.3) is 104 Å². The topological polar surface area (TPSA) is 43.6 Å². The third-order valence-electron chi connectivity index (χ3n) is 10.7. The van der Waals surface area contributed by atoms with Crippen LogP contribution in [0.15, 0.2) is 194 Å². The Hall–Kier alpha value is -7.21. The molecule has 262 valence electrons. The van der Waals surface area contributed by atoms with E-state index in [2.05, 4.69) is 180 Å². The maximum Gasteiger partial charge on any atom is 0.164 e. The largest absolute Gasteiger partial charge is 0.309 e. The smallest absolute Gasteiger partial charge is 0.164 e. The van der Waals surface area contributed by atoms with Crippen LogP contribution in [0.1, 0.15) is 0 Å². The van der Waals surface area contributed by atoms with Crippen molar-refractivity contribution in [2.45, 2.75) is 0 Å². The van der Waals surface area contributed by atoms with Gasteiger partial charge in [-0.1, -0.05) is 164 Å². The molecule has 56 heavy (non-hydrogen) atoms. The molecule has 0 spiro atoms. The average Bonchev–Trinajstić information content (AvgIpc) is 3.83. The molecule has 0 radical (unpaired) electrons. The summed E-state index contributed by atoms with van der Waals surface area (Å²) < 4.78 is 4.96. The number of aromatic nitrogens is 4. The van der Waals surface area contributed by atoms with Crippen molar-refractivity contribution in [3.8, 4) is 62.1 Å². The lowest BCUT2D eigenvalue weighted by molar-refractivity contribution is 1.07. The van der Waals surface area contributed by atoms with E-state index in [1.54, 1.807) is 0 Å². The molecular weight excluding hydrogens is 701 g/mol. The van der Waals surface area contributed by atoms with E-state index < -0.39 is 0 Å². The lowest BCUT2D eigenvalue weighted by Crippen LogP contribution is -2.02. The first-order valence-corrected chi connectivity index (χ1v) is 19.6. The normalized spacial score (nSPS) is 11.6. The van der Waals surface area contributed by atoms with Crippen molar-refractivity contribution in [1.82, 2.24) is 19.5 Å². The maximum absolute atomic E-state index is 5.25. The summed E-state index contributed by atoms with van der Waals surface area (Å²) in [7, 11) is 0. The van der Waals surface area contributed by atoms with E-state index in [0.29, 0.717) is 17.5 Å². The van der Waals surface area contributed by atoms with E-state index in [1.807, 2.05) is 29.5 Å². The fourth-order valence-electron chi connectivity index (χ4n) is 8.05. The first-order valence-electron chi connectivity index (χ1n) is 18.8. The van der Waals surface area contributed by atoms with Gasteiger partial charge >= 0.3 is 0 Å². The second kappa shape index (κ2) is 13.3. The Kier molecular flexibility index (Phi) is 7.64. The number of hydrogen-bond acceptors (Lipinski definition) is 4. The Morgan fingerprint density at radius 2 is 0.857 bits per heavy atom. The van der Waals surface area contributed by atoms with E-state index in [0.717, 1.165) is 50.1 Å². The van der Waals surface area contributed by atoms with E-state index in [4.69, 9.17) is 15.0 Å². The second-order valence-corrected chi connectivity index (χ2v) is 15.1. The van der Waals surface area contributed by atoms with Crippen molar-refractivity contribution < 1.29 is 0 Å². The van der Waals surface area contributed by atoms with Crippen LogP contribution < -0.4 is 0 Å². The summed E-state index contributed by atoms with van der Waals surface area (Å²) in [5.74, 6) is 1.88. The standard InChI is InChI=1S/C51H32N4S/c1-3-15-33(16-4-1)38-30-29-37(32-46(38)55-44-26-10-7-21-40(44)41-22-8-11-27-45(41)55)51-53-49(34-17-5-2-6-18-34)52-50(54-51)36-20-13-19-35(31-36)39-24-14-25-43-42-23-9-12-28-47(42)56-48(39)43/h1-32H. The third-order valence-corrected chi connectivity index (χ3v) is 11.9. The van der Waals surface area contributed by atoms with Crippen molar-refractivity contribution in [3.05, 3.63) is 194 Å². The number of nitrogens with zero attached hydrogens (tertiary/aromatic N) is 4. The van der Waals surface area contributed by atoms with Crippen molar-refractivity contribution in [2.75, 3.05) is 0 Å². The van der Waals surface area contributed by atoms with Gasteiger partial charge in [0.1, 0.15) is 0 Å². The molecule has 0 bridgehead atoms. The summed E-state index contributed by atoms with van der Waals surface area (Å²) in [4.78, 5) is 15.5. The zero-order valence-electron chi connectivity index (χ0n) is 30.2. The first kappa shape index (κ1) is 32.2. The van der Waals surface area contributed by atoms with Crippen LogP contribution in [0.4, 0.5) is 0 Å². The van der Waals surface area contributed by atoms with Crippen LogP contribution in [-0.4, -0.2) is 19.5 Å². The molecule has 0 saturated carbocycles. The molecule has 0 amide bonds. The fraction of sp³-hybridized carbons (Fsp3) is 0. The third kappa shape index (κ3) is 5.40. The van der Waals surface area contributed by atoms with Gasteiger partial charge < -0.3 is 4.57 Å². The van der Waals surface area contributed by atoms with Gasteiger partial charge in [-0.25, -0.2) is 15.0 Å². The molecule has 4 nitrogen and oxygen atoms in total. The monoisotopic (exact) mass is 732 g/mol. The molecule has 0 N–H and O–H groups in total. The summed E-state index contributed by atoms with van der Waals surface area (Å²) in [5, 5.41) is 5.00. The van der Waals surface area contributed by atoms with Gasteiger partial charge in [0.15, 0.2) is 17.5 Å². The van der Waals surface area contributed by atoms with Crippen molar-refractivity contribution in [3.63, 3.8) is 0 Å². The zero-order valence-corrected chi connectivity index (χ0v) is 31.0. The molecule has 0 unspecified atom stereocenters. The van der Waals surface area contributed by atoms with Gasteiger partial charge in [-0.3, -0.25) is 0 Å². The molecule has 11 rings (SSSR count). The highest BCUT2D eigenvalue weighted by Crippen LogP contribution is 2.41. The lowest BCUT2D eigenvalue weighted by atomic mass is 10.00. The second-order valence-electron chi connectivity index (χ2n) is 14.0. The highest BCUT2D eigenvalue weighted by molar-refractivity contribution is 7.26. The van der Waals surface area contributed by atoms with Crippen LogP contribution in [0.5, 0.6) is 0 Å². The van der Waals surface area contributed by atoms with Gasteiger partial charge in [-0.15, -0.1) is 11.3 Å². The van der Waals surface area contributed by atoms with Crippen LogP contribution in [0.3, 0.4) is 0 Å². The summed E-state index contributed by atoms with van der Waals surface area (Å²) in [5.41, 5.74) is 10.7. The highest BCUT2D eigenvalue weighted by atomic mass is 32.1. The Bertz CT molecular complexity index is 3200. The molecular formula is C51H32N4S. The molecule has 8 aromatic carbocycles. The molecule has 0 aliphatic heterocycles. The van der Waals surface area contributed by atoms with Crippen LogP contribution in [0.2, 0.25) is 0 Å². The van der Waals surface area contributed by atoms with Crippen LogP contribution >= 0.6 is 11.3 Å². The Labute approximate surface area is 327 Å². The summed E-state index contributed by atoms with van der Waals surface area (Å²) in [6.07, 6.45) is 0. The van der Waals surface area contributed by atoms with Gasteiger partial charge in [0.05, 0.1) is 16.7 Å². The SMILES string of the molecule is c1ccc(-c2nc(-c3cccc(-c4cccc5c4sc4ccccc45)c3)nc(-c3ccc(-c4ccccc4)c(-n4c5ccccc5c5ccccc54)c3)n2)cc1. The number of fused-ring (bicyclic) bond motifs is 6. The van der Waals surface area contributed by atoms with Gasteiger partial charge in [0, 0.05) is 53.2 Å². The maximum atomic E-state index is 5.25. The Balaban J connectivity index is 1.12. The molecule has 3 aromatic heterocycles. The van der Waals surface area contributed by atoms with Crippen molar-refractivity contribution in [2.24, 2.45) is 0 Å². The number of benzene rings is 8. The van der Waals surface area contributed by atoms with Crippen molar-refractivity contribution in [1.29, 1.82) is 0 Å². The minimum absolute atomic E-state index is 0.618. The molecule has 0 atom stereocenters. The Morgan fingerprint density at radius 1 is 0.339 bits per heavy atom. The van der Waals surface area contributed by atoms with Gasteiger partial charge in [-0.2, -0.15) is 0 Å². The van der Waals surface area contributed by atoms with E-state index >= 15 is 0 Å². The number of hydrogen-bond donors (Lipinski definition) is 0. The lowest BCUT2D eigenvalue weighted by Gasteiger charge is -2.16. The fourth-order valence-corrected chi connectivity index (χ4v) is 9.29. The molecule has 0 aliphatic carbocycles. The molecule has 5 heteroatoms. The highest BCUT2D eigenvalue weighted by Gasteiger charge is 2.19. The molecule has 0 aliphatic rings. The summed E-state index contributed by atoms with van der Waals surface area (Å²) >= 11 is 1.84. The zero-order chi connectivity index (χ0) is 37.0. The van der Waals surface area contributed by atoms with Gasteiger partial charge in [0.25, 0.3) is 0 Å². The van der Waals surface area contributed by atoms with E-state index in [1.165, 1.54) is 36.5 Å². The quantitative estimate of drug-likeness (QED) is 0.171. The predicted octanol–water partition coefficient (Wildman–Crippen LogP) is 13.7. The van der Waals surface area contributed by atoms with Crippen LogP contribution in [0, 0.1) is 0 Å². The minimum atomic E-state index is 0.618. The molecule has 0 saturated heterocycles. The summed E-state index contributed by atoms with van der Waals surface area (Å²) in [6, 6.07) is 68.5. The minimum Gasteiger partial charge on any atom is -0.309 e. The summed E-state index contributed by atoms with van der Waals surface area (Å²) in [6.45, 7) is 0. The van der Waals surface area contributed by atoms with Crippen LogP contribution in [-0.2, 0) is 0 Å². The molecule has 3 heterocycles. The van der Waals surface area contributed by atoms with Crippen molar-refractivity contribution >= 4 is 53.3 Å². The molecule has 0 fully saturated rings. The van der Waals surface area contributed by atoms with Gasteiger partial charge in [-0.05, 0) is 47.0 Å². The molecule has 11 aromatic rings. The van der Waals surface area contributed by atoms with Gasteiger partial charge in [0.2, 0.25) is 0 Å². The average molecular weight is 733 g/mol. The Morgan fingerprint density at radius 3 is 1.57 bits per heavy atom. The number of rotatable bonds is 6. The van der Waals surface area contributed by atoms with E-state index in [9.17, 15) is 0 Å². The van der Waals surface area contributed by atoms with E-state index in [-0.39, 0.29) is 0 Å². The number of para-hydroxylation sites is 2.